The Labute approximate surface area is 134 Å². The smallest absolute Gasteiger partial charge is 0.162 e. The zero-order chi connectivity index (χ0) is 14.2. The van der Waals surface area contributed by atoms with Crippen molar-refractivity contribution in [1.29, 1.82) is 0 Å². The lowest BCUT2D eigenvalue weighted by Gasteiger charge is -2.20. The van der Waals surface area contributed by atoms with Crippen LogP contribution in [0.5, 0.6) is 0 Å². The number of halogens is 3. The molecule has 0 unspecified atom stereocenters. The molecule has 2 aromatic rings. The molecular formula is C14H13Br2ClN2. The van der Waals surface area contributed by atoms with Crippen LogP contribution in [0.1, 0.15) is 26.5 Å². The van der Waals surface area contributed by atoms with Gasteiger partial charge in [0.1, 0.15) is 5.15 Å². The molecule has 0 fully saturated rings. The molecule has 1 heterocycles. The van der Waals surface area contributed by atoms with Crippen molar-refractivity contribution in [1.82, 2.24) is 9.97 Å². The molecule has 2 nitrogen and oxygen atoms in total. The molecule has 2 rings (SSSR count). The van der Waals surface area contributed by atoms with Gasteiger partial charge in [-0.2, -0.15) is 0 Å². The summed E-state index contributed by atoms with van der Waals surface area (Å²) in [4.78, 5) is 9.02. The molecule has 0 spiro atoms. The van der Waals surface area contributed by atoms with Crippen molar-refractivity contribution in [3.8, 4) is 11.4 Å². The van der Waals surface area contributed by atoms with E-state index in [-0.39, 0.29) is 5.41 Å². The van der Waals surface area contributed by atoms with Gasteiger partial charge in [0.25, 0.3) is 0 Å². The molecule has 0 radical (unpaired) electrons. The van der Waals surface area contributed by atoms with Crippen molar-refractivity contribution >= 4 is 43.5 Å². The van der Waals surface area contributed by atoms with Crippen molar-refractivity contribution in [3.63, 3.8) is 0 Å². The average molecular weight is 405 g/mol. The van der Waals surface area contributed by atoms with Gasteiger partial charge in [0.2, 0.25) is 0 Å². The van der Waals surface area contributed by atoms with Gasteiger partial charge in [-0.3, -0.25) is 0 Å². The van der Waals surface area contributed by atoms with Crippen LogP contribution in [0.4, 0.5) is 0 Å². The lowest BCUT2D eigenvalue weighted by atomic mass is 9.92. The Kier molecular flexibility index (Phi) is 4.33. The summed E-state index contributed by atoms with van der Waals surface area (Å²) in [7, 11) is 0. The van der Waals surface area contributed by atoms with Crippen LogP contribution in [0.25, 0.3) is 11.4 Å². The third kappa shape index (κ3) is 3.18. The van der Waals surface area contributed by atoms with Gasteiger partial charge in [0.05, 0.1) is 10.2 Å². The summed E-state index contributed by atoms with van der Waals surface area (Å²) < 4.78 is 1.71. The van der Waals surface area contributed by atoms with Crippen molar-refractivity contribution in [2.45, 2.75) is 26.2 Å². The summed E-state index contributed by atoms with van der Waals surface area (Å²) in [5, 5.41) is 0.436. The highest BCUT2D eigenvalue weighted by atomic mass is 79.9. The zero-order valence-corrected chi connectivity index (χ0v) is 14.8. The highest BCUT2D eigenvalue weighted by molar-refractivity contribution is 9.11. The molecule has 19 heavy (non-hydrogen) atoms. The first kappa shape index (κ1) is 14.9. The quantitative estimate of drug-likeness (QED) is 0.577. The Morgan fingerprint density at radius 3 is 2.26 bits per heavy atom. The maximum absolute atomic E-state index is 6.21. The largest absolute Gasteiger partial charge is 0.231 e. The first-order chi connectivity index (χ1) is 8.80. The molecule has 0 aliphatic carbocycles. The summed E-state index contributed by atoms with van der Waals surface area (Å²) in [6, 6.07) is 7.84. The second-order valence-electron chi connectivity index (χ2n) is 5.23. The lowest BCUT2D eigenvalue weighted by Crippen LogP contribution is -2.16. The van der Waals surface area contributed by atoms with Crippen molar-refractivity contribution in [3.05, 3.63) is 44.1 Å². The van der Waals surface area contributed by atoms with E-state index in [4.69, 9.17) is 11.6 Å². The van der Waals surface area contributed by atoms with Gasteiger partial charge in [-0.1, -0.05) is 66.5 Å². The van der Waals surface area contributed by atoms with Crippen LogP contribution in [0, 0.1) is 0 Å². The van der Waals surface area contributed by atoms with Gasteiger partial charge in [0.15, 0.2) is 5.82 Å². The predicted molar refractivity (Wildman–Crippen MR) is 86.6 cm³/mol. The minimum absolute atomic E-state index is 0.110. The van der Waals surface area contributed by atoms with Crippen molar-refractivity contribution in [2.24, 2.45) is 0 Å². The molecule has 0 saturated carbocycles. The van der Waals surface area contributed by atoms with Gasteiger partial charge in [-0.15, -0.1) is 0 Å². The van der Waals surface area contributed by atoms with Crippen LogP contribution >= 0.6 is 43.5 Å². The minimum atomic E-state index is -0.110. The van der Waals surface area contributed by atoms with Gasteiger partial charge >= 0.3 is 0 Å². The molecule has 0 atom stereocenters. The van der Waals surface area contributed by atoms with Crippen LogP contribution in [-0.2, 0) is 5.41 Å². The number of nitrogens with zero attached hydrogens (tertiary/aromatic N) is 2. The van der Waals surface area contributed by atoms with Crippen molar-refractivity contribution < 1.29 is 0 Å². The summed E-state index contributed by atoms with van der Waals surface area (Å²) in [5.74, 6) is 0.630. The molecule has 1 aromatic heterocycles. The minimum Gasteiger partial charge on any atom is -0.231 e. The highest BCUT2D eigenvalue weighted by Crippen LogP contribution is 2.35. The number of benzene rings is 1. The summed E-state index contributed by atoms with van der Waals surface area (Å²) in [5.41, 5.74) is 1.72. The van der Waals surface area contributed by atoms with E-state index in [1.165, 1.54) is 0 Å². The van der Waals surface area contributed by atoms with Crippen LogP contribution < -0.4 is 0 Å². The predicted octanol–water partition coefficient (Wildman–Crippen LogP) is 5.62. The Balaban J connectivity index is 2.68. The van der Waals surface area contributed by atoms with Crippen LogP contribution in [0.3, 0.4) is 0 Å². The van der Waals surface area contributed by atoms with E-state index < -0.39 is 0 Å². The normalized spacial score (nSPS) is 11.7. The Morgan fingerprint density at radius 1 is 1.05 bits per heavy atom. The van der Waals surface area contributed by atoms with Crippen LogP contribution in [0.15, 0.2) is 33.2 Å². The van der Waals surface area contributed by atoms with E-state index in [2.05, 4.69) is 62.6 Å². The lowest BCUT2D eigenvalue weighted by molar-refractivity contribution is 0.564. The Bertz CT molecular complexity index is 621. The Morgan fingerprint density at radius 2 is 1.68 bits per heavy atom. The number of hydrogen-bond donors (Lipinski definition) is 0. The fourth-order valence-corrected chi connectivity index (χ4v) is 3.08. The molecular weight excluding hydrogens is 391 g/mol. The third-order valence-corrected chi connectivity index (χ3v) is 4.58. The molecule has 100 valence electrons. The average Bonchev–Trinajstić information content (AvgIpc) is 2.31. The highest BCUT2D eigenvalue weighted by Gasteiger charge is 2.23. The monoisotopic (exact) mass is 402 g/mol. The molecule has 0 aliphatic heterocycles. The molecule has 5 heteroatoms. The molecule has 0 aliphatic rings. The van der Waals surface area contributed by atoms with E-state index in [1.54, 1.807) is 0 Å². The van der Waals surface area contributed by atoms with E-state index in [1.807, 2.05) is 24.3 Å². The summed E-state index contributed by atoms with van der Waals surface area (Å²) in [6.45, 7) is 6.29. The second-order valence-corrected chi connectivity index (χ2v) is 7.24. The molecule has 0 saturated heterocycles. The second kappa shape index (κ2) is 5.51. The SMILES string of the molecule is CC(C)(C)c1nc(-c2ccccc2Br)nc(Cl)c1Br. The van der Waals surface area contributed by atoms with Crippen LogP contribution in [-0.4, -0.2) is 9.97 Å². The standard InChI is InChI=1S/C14H13Br2ClN2/c1-14(2,3)11-10(16)12(17)19-13(18-11)8-6-4-5-7-9(8)15/h4-7H,1-3H3. The Hall–Kier alpha value is -0.450. The topological polar surface area (TPSA) is 25.8 Å². The van der Waals surface area contributed by atoms with E-state index in [0.29, 0.717) is 11.0 Å². The van der Waals surface area contributed by atoms with E-state index >= 15 is 0 Å². The summed E-state index contributed by atoms with van der Waals surface area (Å²) >= 11 is 13.2. The van der Waals surface area contributed by atoms with Gasteiger partial charge < -0.3 is 0 Å². The molecule has 0 amide bonds. The first-order valence-electron chi connectivity index (χ1n) is 5.79. The first-order valence-corrected chi connectivity index (χ1v) is 7.75. The fourth-order valence-electron chi connectivity index (χ4n) is 1.68. The fraction of sp³-hybridized carbons (Fsp3) is 0.286. The van der Waals surface area contributed by atoms with Crippen LogP contribution in [0.2, 0.25) is 5.15 Å². The maximum Gasteiger partial charge on any atom is 0.162 e. The van der Waals surface area contributed by atoms with E-state index in [0.717, 1.165) is 20.2 Å². The van der Waals surface area contributed by atoms with Gasteiger partial charge in [0, 0.05) is 15.5 Å². The molecule has 0 bridgehead atoms. The zero-order valence-electron chi connectivity index (χ0n) is 10.8. The van der Waals surface area contributed by atoms with E-state index in [9.17, 15) is 0 Å². The number of aromatic nitrogens is 2. The maximum atomic E-state index is 6.21. The summed E-state index contributed by atoms with van der Waals surface area (Å²) in [6.07, 6.45) is 0. The molecule has 0 N–H and O–H groups in total. The number of hydrogen-bond acceptors (Lipinski definition) is 2. The number of rotatable bonds is 1. The van der Waals surface area contributed by atoms with Gasteiger partial charge in [-0.25, -0.2) is 9.97 Å². The van der Waals surface area contributed by atoms with Gasteiger partial charge in [-0.05, 0) is 22.0 Å². The third-order valence-electron chi connectivity index (χ3n) is 2.64. The molecule has 1 aromatic carbocycles. The van der Waals surface area contributed by atoms with Crippen molar-refractivity contribution in [2.75, 3.05) is 0 Å².